The number of ether oxygens (including phenoxy) is 1. The first-order valence-corrected chi connectivity index (χ1v) is 10.6. The van der Waals surface area contributed by atoms with E-state index in [9.17, 15) is 25.2 Å². The van der Waals surface area contributed by atoms with Gasteiger partial charge in [0.2, 0.25) is 0 Å². The third kappa shape index (κ3) is 13.1. The summed E-state index contributed by atoms with van der Waals surface area (Å²) in [5.74, 6) is 0. The zero-order valence-corrected chi connectivity index (χ0v) is 19.6. The lowest BCUT2D eigenvalue weighted by Gasteiger charge is -2.30. The second kappa shape index (κ2) is 15.5. The molecule has 1 rings (SSSR count). The number of carbonyl (C=O) groups excluding carboxylic acids is 1. The first-order valence-electron chi connectivity index (χ1n) is 10.6. The number of carboxylic acid groups (broad SMARTS) is 1. The summed E-state index contributed by atoms with van der Waals surface area (Å²) in [5, 5.41) is 57.7. The molecule has 0 aliphatic carbocycles. The number of alkyl carbamates (subject to hydrolysis) is 1. The normalized spacial score (nSPS) is 15.0. The Morgan fingerprint density at radius 1 is 1.06 bits per heavy atom. The summed E-state index contributed by atoms with van der Waals surface area (Å²) in [4.78, 5) is 22.0. The molecular weight excluding hydrogens is 436 g/mol. The molecule has 0 unspecified atom stereocenters. The zero-order valence-electron chi connectivity index (χ0n) is 19.6. The smallest absolute Gasteiger partial charge is 0.407 e. The summed E-state index contributed by atoms with van der Waals surface area (Å²) < 4.78 is 5.20. The molecule has 0 fully saturated rings. The van der Waals surface area contributed by atoms with Crippen molar-refractivity contribution in [3.8, 4) is 0 Å². The third-order valence-electron chi connectivity index (χ3n) is 4.48. The van der Waals surface area contributed by atoms with E-state index in [0.29, 0.717) is 19.6 Å². The van der Waals surface area contributed by atoms with Crippen LogP contribution in [0.25, 0.3) is 0 Å². The Morgan fingerprint density at radius 3 is 2.00 bits per heavy atom. The van der Waals surface area contributed by atoms with Gasteiger partial charge >= 0.3 is 6.09 Å². The number of hydrogen-bond donors (Lipinski definition) is 7. The van der Waals surface area contributed by atoms with Gasteiger partial charge in [0.05, 0.1) is 12.7 Å². The van der Waals surface area contributed by atoms with E-state index in [2.05, 4.69) is 5.32 Å². The number of amides is 1. The molecule has 33 heavy (non-hydrogen) atoms. The van der Waals surface area contributed by atoms with Crippen molar-refractivity contribution in [2.75, 3.05) is 19.7 Å². The largest absolute Gasteiger partial charge is 0.483 e. The van der Waals surface area contributed by atoms with Crippen LogP contribution in [0.15, 0.2) is 24.3 Å². The van der Waals surface area contributed by atoms with Crippen LogP contribution in [0.3, 0.4) is 0 Å². The fourth-order valence-corrected chi connectivity index (χ4v) is 2.75. The van der Waals surface area contributed by atoms with Crippen LogP contribution in [0.2, 0.25) is 0 Å². The second-order valence-corrected chi connectivity index (χ2v) is 8.40. The van der Waals surface area contributed by atoms with Gasteiger partial charge in [-0.05, 0) is 38.4 Å². The molecule has 0 radical (unpaired) electrons. The van der Waals surface area contributed by atoms with Gasteiger partial charge in [0.1, 0.15) is 23.9 Å². The third-order valence-corrected chi connectivity index (χ3v) is 4.48. The lowest BCUT2D eigenvalue weighted by atomic mass is 10.0. The van der Waals surface area contributed by atoms with Gasteiger partial charge in [-0.2, -0.15) is 0 Å². The minimum Gasteiger partial charge on any atom is -0.483 e. The van der Waals surface area contributed by atoms with E-state index in [1.807, 2.05) is 36.1 Å². The Labute approximate surface area is 194 Å². The average molecular weight is 475 g/mol. The van der Waals surface area contributed by atoms with Gasteiger partial charge < -0.3 is 40.7 Å². The summed E-state index contributed by atoms with van der Waals surface area (Å²) in [6.45, 7) is 7.83. The second-order valence-electron chi connectivity index (χ2n) is 8.40. The lowest BCUT2D eigenvalue weighted by Crippen LogP contribution is -2.49. The van der Waals surface area contributed by atoms with Crippen LogP contribution >= 0.6 is 0 Å². The summed E-state index contributed by atoms with van der Waals surface area (Å²) in [6.07, 6.45) is -6.52. The topological polar surface area (TPSA) is 180 Å². The number of likely N-dealkylation sites (N-methyl/N-ethyl adjacent to an activating group) is 1. The van der Waals surface area contributed by atoms with E-state index < -0.39 is 42.7 Å². The van der Waals surface area contributed by atoms with Gasteiger partial charge in [-0.25, -0.2) is 4.79 Å². The Kier molecular flexibility index (Phi) is 14.5. The highest BCUT2D eigenvalue weighted by Crippen LogP contribution is 2.12. The van der Waals surface area contributed by atoms with Gasteiger partial charge in [0, 0.05) is 19.6 Å². The molecule has 0 aromatic heterocycles. The van der Waals surface area contributed by atoms with Gasteiger partial charge in [-0.15, -0.1) is 0 Å². The van der Waals surface area contributed by atoms with Crippen LogP contribution in [0.5, 0.6) is 0 Å². The first kappa shape index (κ1) is 30.7. The summed E-state index contributed by atoms with van der Waals surface area (Å²) in [5.41, 5.74) is 1.32. The van der Waals surface area contributed by atoms with Crippen molar-refractivity contribution in [2.24, 2.45) is 0 Å². The Bertz CT molecular complexity index is 679. The van der Waals surface area contributed by atoms with Gasteiger partial charge in [-0.1, -0.05) is 31.2 Å². The van der Waals surface area contributed by atoms with Gasteiger partial charge in [0.25, 0.3) is 6.47 Å². The van der Waals surface area contributed by atoms with E-state index >= 15 is 0 Å². The fraction of sp³-hybridized carbons (Fsp3) is 0.636. The van der Waals surface area contributed by atoms with E-state index in [0.717, 1.165) is 11.1 Å². The van der Waals surface area contributed by atoms with Crippen molar-refractivity contribution >= 4 is 12.6 Å². The molecule has 11 heteroatoms. The molecule has 1 aromatic carbocycles. The van der Waals surface area contributed by atoms with E-state index in [4.69, 9.17) is 19.7 Å². The Hall–Kier alpha value is -2.28. The number of benzene rings is 1. The maximum atomic E-state index is 11.7. The number of rotatable bonds is 11. The number of nitrogens with one attached hydrogen (secondary N) is 1. The molecule has 0 aliphatic rings. The quantitative estimate of drug-likeness (QED) is 0.210. The predicted molar refractivity (Wildman–Crippen MR) is 120 cm³/mol. The van der Waals surface area contributed by atoms with Crippen molar-refractivity contribution in [3.05, 3.63) is 35.4 Å². The fourth-order valence-electron chi connectivity index (χ4n) is 2.75. The van der Waals surface area contributed by atoms with Crippen molar-refractivity contribution in [1.82, 2.24) is 10.2 Å². The number of nitrogens with zero attached hydrogens (tertiary/aromatic N) is 1. The average Bonchev–Trinajstić information content (AvgIpc) is 2.75. The highest BCUT2D eigenvalue weighted by molar-refractivity contribution is 5.67. The van der Waals surface area contributed by atoms with Crippen LogP contribution in [0.4, 0.5) is 4.79 Å². The molecule has 11 nitrogen and oxygen atoms in total. The summed E-state index contributed by atoms with van der Waals surface area (Å²) >= 11 is 0. The first-order chi connectivity index (χ1) is 15.4. The van der Waals surface area contributed by atoms with Crippen molar-refractivity contribution in [3.63, 3.8) is 0 Å². The maximum Gasteiger partial charge on any atom is 0.407 e. The summed E-state index contributed by atoms with van der Waals surface area (Å²) in [7, 11) is 0. The minimum absolute atomic E-state index is 0.0782. The number of carbonyl (C=O) groups is 2. The molecule has 0 bridgehead atoms. The molecule has 0 heterocycles. The molecule has 1 aromatic rings. The number of hydrogen-bond acceptors (Lipinski definition) is 9. The molecule has 190 valence electrons. The molecular formula is C22H38N2O9. The Balaban J connectivity index is 0.00000322. The van der Waals surface area contributed by atoms with Crippen molar-refractivity contribution in [2.45, 2.75) is 70.8 Å². The highest BCUT2D eigenvalue weighted by Gasteiger charge is 2.30. The molecule has 0 saturated heterocycles. The molecule has 0 spiro atoms. The maximum absolute atomic E-state index is 11.7. The SMILES string of the molecule is CCN(Cc1ccc(CNC(=O)OC(C)(C)C)cc1)C[C@H](O)[C@@H](O)[C@H](O)[C@H](O)CO.O=CO. The molecule has 0 saturated carbocycles. The van der Waals surface area contributed by atoms with Crippen LogP contribution in [-0.4, -0.2) is 97.8 Å². The Morgan fingerprint density at radius 2 is 1.55 bits per heavy atom. The molecule has 7 N–H and O–H groups in total. The monoisotopic (exact) mass is 474 g/mol. The van der Waals surface area contributed by atoms with Crippen LogP contribution in [0, 0.1) is 0 Å². The van der Waals surface area contributed by atoms with E-state index in [1.54, 1.807) is 20.8 Å². The minimum atomic E-state index is -1.64. The lowest BCUT2D eigenvalue weighted by molar-refractivity contribution is -0.122. The van der Waals surface area contributed by atoms with Crippen molar-refractivity contribution in [1.29, 1.82) is 0 Å². The number of aliphatic hydroxyl groups excluding tert-OH is 5. The van der Waals surface area contributed by atoms with Crippen molar-refractivity contribution < 1.29 is 45.0 Å². The summed E-state index contributed by atoms with van der Waals surface area (Å²) in [6, 6.07) is 7.57. The predicted octanol–water partition coefficient (Wildman–Crippen LogP) is -0.330. The number of aliphatic hydroxyl groups is 5. The van der Waals surface area contributed by atoms with Gasteiger partial charge in [-0.3, -0.25) is 9.69 Å². The molecule has 0 aliphatic heterocycles. The van der Waals surface area contributed by atoms with Crippen LogP contribution in [-0.2, 0) is 22.6 Å². The van der Waals surface area contributed by atoms with Crippen LogP contribution < -0.4 is 5.32 Å². The van der Waals surface area contributed by atoms with Gasteiger partial charge in [0.15, 0.2) is 0 Å². The zero-order chi connectivity index (χ0) is 25.6. The van der Waals surface area contributed by atoms with E-state index in [-0.39, 0.29) is 13.0 Å². The highest BCUT2D eigenvalue weighted by atomic mass is 16.6. The molecule has 4 atom stereocenters. The van der Waals surface area contributed by atoms with Crippen LogP contribution in [0.1, 0.15) is 38.8 Å². The standard InChI is InChI=1S/C21H36N2O7.CH2O2/c1-5-23(12-16(25)18(27)19(28)17(26)13-24)11-15-8-6-14(7-9-15)10-22-20(29)30-21(2,3)4;2-1-3/h6-9,16-19,24-28H,5,10-13H2,1-4H3,(H,22,29);1H,(H,2,3)/t16-,17+,18+,19+;/m0./s1. The molecule has 1 amide bonds. The van der Waals surface area contributed by atoms with E-state index in [1.165, 1.54) is 0 Å².